The fourth-order valence-electron chi connectivity index (χ4n) is 2.90. The molecule has 0 saturated heterocycles. The zero-order chi connectivity index (χ0) is 16.3. The van der Waals surface area contributed by atoms with Gasteiger partial charge in [0.05, 0.1) is 0 Å². The van der Waals surface area contributed by atoms with Crippen LogP contribution in [-0.4, -0.2) is 0 Å². The molecule has 0 unspecified atom stereocenters. The lowest BCUT2D eigenvalue weighted by Gasteiger charge is -2.26. The van der Waals surface area contributed by atoms with Gasteiger partial charge in [-0.2, -0.15) is 0 Å². The van der Waals surface area contributed by atoms with E-state index >= 15 is 0 Å². The summed E-state index contributed by atoms with van der Waals surface area (Å²) >= 11 is 0. The average Bonchev–Trinajstić information content (AvgIpc) is 2.62. The molecular formula is C20H18FOP. The van der Waals surface area contributed by atoms with E-state index < -0.39 is 12.8 Å². The number of benzene rings is 3. The lowest BCUT2D eigenvalue weighted by Crippen LogP contribution is -2.20. The summed E-state index contributed by atoms with van der Waals surface area (Å²) in [6, 6.07) is 25.3. The summed E-state index contributed by atoms with van der Waals surface area (Å²) in [7, 11) is -3.00. The van der Waals surface area contributed by atoms with Crippen molar-refractivity contribution in [2.24, 2.45) is 0 Å². The van der Waals surface area contributed by atoms with Crippen molar-refractivity contribution in [1.82, 2.24) is 0 Å². The van der Waals surface area contributed by atoms with Crippen LogP contribution in [0.2, 0.25) is 0 Å². The fraction of sp³-hybridized carbons (Fsp3) is 0.100. The molecule has 1 nitrogen and oxygen atoms in total. The van der Waals surface area contributed by atoms with Crippen molar-refractivity contribution >= 4 is 17.8 Å². The van der Waals surface area contributed by atoms with Gasteiger partial charge in [-0.05, 0) is 11.6 Å². The SMILES string of the molecule is C[C@@H](c1ccccc1F)P(=O)(c1ccccc1)c1ccccc1. The first-order chi connectivity index (χ1) is 11.1. The third kappa shape index (κ3) is 2.87. The molecule has 3 rings (SSSR count). The van der Waals surface area contributed by atoms with E-state index in [0.717, 1.165) is 10.6 Å². The van der Waals surface area contributed by atoms with E-state index in [1.807, 2.05) is 67.6 Å². The topological polar surface area (TPSA) is 17.1 Å². The van der Waals surface area contributed by atoms with E-state index in [4.69, 9.17) is 0 Å². The van der Waals surface area contributed by atoms with Crippen LogP contribution in [0.1, 0.15) is 18.1 Å². The molecule has 3 aromatic rings. The average molecular weight is 324 g/mol. The molecule has 0 heterocycles. The summed E-state index contributed by atoms with van der Waals surface area (Å²) in [6.07, 6.45) is 0. The van der Waals surface area contributed by atoms with Gasteiger partial charge in [0.25, 0.3) is 0 Å². The molecule has 0 aromatic heterocycles. The first-order valence-corrected chi connectivity index (χ1v) is 9.37. The van der Waals surface area contributed by atoms with Crippen LogP contribution in [0, 0.1) is 5.82 Å². The molecular weight excluding hydrogens is 306 g/mol. The molecule has 0 aliphatic rings. The standard InChI is InChI=1S/C20H18FOP/c1-16(19-14-8-9-15-20(19)21)23(22,17-10-4-2-5-11-17)18-12-6-3-7-13-18/h2-16H,1H3/t16-/m0/s1. The van der Waals surface area contributed by atoms with Gasteiger partial charge in [-0.15, -0.1) is 0 Å². The third-order valence-electron chi connectivity index (χ3n) is 4.18. The van der Waals surface area contributed by atoms with Gasteiger partial charge in [-0.3, -0.25) is 0 Å². The zero-order valence-electron chi connectivity index (χ0n) is 12.9. The van der Waals surface area contributed by atoms with Gasteiger partial charge in [0.2, 0.25) is 0 Å². The predicted octanol–water partition coefficient (Wildman–Crippen LogP) is 4.90. The van der Waals surface area contributed by atoms with Gasteiger partial charge in [-0.1, -0.05) is 85.8 Å². The highest BCUT2D eigenvalue weighted by molar-refractivity contribution is 7.79. The van der Waals surface area contributed by atoms with Crippen LogP contribution >= 0.6 is 7.14 Å². The Balaban J connectivity index is 2.21. The molecule has 0 amide bonds. The van der Waals surface area contributed by atoms with Gasteiger partial charge in [0.15, 0.2) is 0 Å². The van der Waals surface area contributed by atoms with Gasteiger partial charge < -0.3 is 4.57 Å². The molecule has 0 saturated carbocycles. The normalized spacial score (nSPS) is 12.8. The van der Waals surface area contributed by atoms with Crippen molar-refractivity contribution in [3.8, 4) is 0 Å². The van der Waals surface area contributed by atoms with Crippen LogP contribution in [0.25, 0.3) is 0 Å². The zero-order valence-corrected chi connectivity index (χ0v) is 13.8. The molecule has 23 heavy (non-hydrogen) atoms. The summed E-state index contributed by atoms with van der Waals surface area (Å²) in [5.74, 6) is -0.313. The van der Waals surface area contributed by atoms with Crippen LogP contribution < -0.4 is 10.6 Å². The maximum absolute atomic E-state index is 14.3. The summed E-state index contributed by atoms with van der Waals surface area (Å²) in [5, 5.41) is 1.50. The van der Waals surface area contributed by atoms with E-state index in [9.17, 15) is 8.96 Å². The van der Waals surface area contributed by atoms with E-state index in [2.05, 4.69) is 0 Å². The molecule has 0 aliphatic heterocycles. The van der Waals surface area contributed by atoms with E-state index in [1.165, 1.54) is 6.07 Å². The molecule has 0 radical (unpaired) electrons. The fourth-order valence-corrected chi connectivity index (χ4v) is 5.93. The first-order valence-electron chi connectivity index (χ1n) is 7.59. The Morgan fingerprint density at radius 2 is 1.17 bits per heavy atom. The summed E-state index contributed by atoms with van der Waals surface area (Å²) < 4.78 is 28.4. The van der Waals surface area contributed by atoms with Gasteiger partial charge in [-0.25, -0.2) is 4.39 Å². The van der Waals surface area contributed by atoms with Crippen LogP contribution in [0.3, 0.4) is 0 Å². The Morgan fingerprint density at radius 3 is 1.65 bits per heavy atom. The van der Waals surface area contributed by atoms with Crippen LogP contribution in [0.4, 0.5) is 4.39 Å². The van der Waals surface area contributed by atoms with Gasteiger partial charge >= 0.3 is 0 Å². The van der Waals surface area contributed by atoms with Crippen molar-refractivity contribution in [3.05, 3.63) is 96.3 Å². The predicted molar refractivity (Wildman–Crippen MR) is 94.6 cm³/mol. The van der Waals surface area contributed by atoms with Crippen LogP contribution in [0.5, 0.6) is 0 Å². The lowest BCUT2D eigenvalue weighted by molar-refractivity contribution is 0.573. The second-order valence-corrected chi connectivity index (χ2v) is 8.65. The number of hydrogen-bond acceptors (Lipinski definition) is 1. The molecule has 0 fully saturated rings. The Hall–Kier alpha value is -2.18. The van der Waals surface area contributed by atoms with Crippen molar-refractivity contribution in [3.63, 3.8) is 0 Å². The number of hydrogen-bond donors (Lipinski definition) is 0. The maximum Gasteiger partial charge on any atom is 0.150 e. The molecule has 3 heteroatoms. The highest BCUT2D eigenvalue weighted by Gasteiger charge is 2.35. The first kappa shape index (κ1) is 15.7. The van der Waals surface area contributed by atoms with Crippen LogP contribution in [0.15, 0.2) is 84.9 Å². The van der Waals surface area contributed by atoms with Gasteiger partial charge in [0.1, 0.15) is 13.0 Å². The minimum absolute atomic E-state index is 0.313. The third-order valence-corrected chi connectivity index (χ3v) is 7.68. The lowest BCUT2D eigenvalue weighted by atomic mass is 10.1. The maximum atomic E-state index is 14.3. The van der Waals surface area contributed by atoms with Crippen molar-refractivity contribution in [2.75, 3.05) is 0 Å². The molecule has 0 aliphatic carbocycles. The van der Waals surface area contributed by atoms with Crippen molar-refractivity contribution in [2.45, 2.75) is 12.6 Å². The number of rotatable bonds is 4. The highest BCUT2D eigenvalue weighted by Crippen LogP contribution is 2.57. The van der Waals surface area contributed by atoms with Crippen LogP contribution in [-0.2, 0) is 4.57 Å². The Bertz CT molecular complexity index is 787. The largest absolute Gasteiger partial charge is 0.313 e. The van der Waals surface area contributed by atoms with E-state index in [0.29, 0.717) is 5.56 Å². The van der Waals surface area contributed by atoms with E-state index in [-0.39, 0.29) is 5.82 Å². The minimum Gasteiger partial charge on any atom is -0.313 e. The minimum atomic E-state index is -3.00. The molecule has 3 aromatic carbocycles. The Kier molecular flexibility index (Phi) is 4.45. The molecule has 116 valence electrons. The quantitative estimate of drug-likeness (QED) is 0.624. The molecule has 0 spiro atoms. The monoisotopic (exact) mass is 324 g/mol. The second kappa shape index (κ2) is 6.52. The van der Waals surface area contributed by atoms with Crippen molar-refractivity contribution in [1.29, 1.82) is 0 Å². The number of halogens is 1. The van der Waals surface area contributed by atoms with E-state index in [1.54, 1.807) is 18.2 Å². The highest BCUT2D eigenvalue weighted by atomic mass is 31.2. The molecule has 1 atom stereocenters. The summed E-state index contributed by atoms with van der Waals surface area (Å²) in [6.45, 7) is 1.85. The molecule has 0 bridgehead atoms. The van der Waals surface area contributed by atoms with Crippen molar-refractivity contribution < 1.29 is 8.96 Å². The molecule has 0 N–H and O–H groups in total. The van der Waals surface area contributed by atoms with Gasteiger partial charge in [0, 0.05) is 16.3 Å². The smallest absolute Gasteiger partial charge is 0.150 e. The summed E-state index contributed by atoms with van der Waals surface area (Å²) in [5.41, 5.74) is 0.0528. The second-order valence-electron chi connectivity index (χ2n) is 5.53. The Morgan fingerprint density at radius 1 is 0.739 bits per heavy atom. The summed E-state index contributed by atoms with van der Waals surface area (Å²) in [4.78, 5) is 0. The Labute approximate surface area is 136 Å².